The van der Waals surface area contributed by atoms with Gasteiger partial charge in [-0.25, -0.2) is 4.39 Å². The van der Waals surface area contributed by atoms with E-state index in [1.54, 1.807) is 30.0 Å². The first-order valence-electron chi connectivity index (χ1n) is 9.74. The summed E-state index contributed by atoms with van der Waals surface area (Å²) in [6, 6.07) is 13.6. The fourth-order valence-corrected chi connectivity index (χ4v) is 3.95. The van der Waals surface area contributed by atoms with E-state index in [0.29, 0.717) is 17.9 Å². The van der Waals surface area contributed by atoms with Gasteiger partial charge in [0, 0.05) is 22.3 Å². The molecule has 0 bridgehead atoms. The zero-order valence-electron chi connectivity index (χ0n) is 17.7. The molecule has 0 unspecified atom stereocenters. The molecule has 0 fully saturated rings. The van der Waals surface area contributed by atoms with Gasteiger partial charge in [0.15, 0.2) is 0 Å². The Morgan fingerprint density at radius 2 is 1.77 bits per heavy atom. The number of carbonyl (C=O) groups excluding carboxylic acids is 2. The summed E-state index contributed by atoms with van der Waals surface area (Å²) in [7, 11) is 0. The van der Waals surface area contributed by atoms with Gasteiger partial charge in [0.25, 0.3) is 0 Å². The third-order valence-corrected chi connectivity index (χ3v) is 5.87. The molecule has 0 spiro atoms. The predicted octanol–water partition coefficient (Wildman–Crippen LogP) is 5.15. The van der Waals surface area contributed by atoms with Gasteiger partial charge < -0.3 is 10.2 Å². The molecule has 7 heteroatoms. The van der Waals surface area contributed by atoms with Gasteiger partial charge in [-0.3, -0.25) is 9.59 Å². The van der Waals surface area contributed by atoms with Crippen molar-refractivity contribution in [2.75, 3.05) is 5.75 Å². The average Bonchev–Trinajstić information content (AvgIpc) is 2.67. The summed E-state index contributed by atoms with van der Waals surface area (Å²) < 4.78 is 14.8. The van der Waals surface area contributed by atoms with Crippen molar-refractivity contribution in [1.29, 1.82) is 0 Å². The molecule has 0 saturated carbocycles. The van der Waals surface area contributed by atoms with Crippen LogP contribution in [0.1, 0.15) is 38.8 Å². The molecule has 1 atom stereocenters. The van der Waals surface area contributed by atoms with Crippen LogP contribution in [0.2, 0.25) is 0 Å². The van der Waals surface area contributed by atoms with E-state index in [4.69, 9.17) is 0 Å². The highest BCUT2D eigenvalue weighted by Crippen LogP contribution is 2.19. The molecule has 1 N–H and O–H groups in total. The van der Waals surface area contributed by atoms with Gasteiger partial charge in [-0.05, 0) is 57.0 Å². The van der Waals surface area contributed by atoms with E-state index in [1.807, 2.05) is 45.0 Å². The lowest BCUT2D eigenvalue weighted by molar-refractivity contribution is -0.139. The Hall–Kier alpha value is -1.86. The van der Waals surface area contributed by atoms with Gasteiger partial charge in [0.05, 0.1) is 5.75 Å². The van der Waals surface area contributed by atoms with E-state index in [0.717, 1.165) is 10.0 Å². The second-order valence-electron chi connectivity index (χ2n) is 8.15. The number of benzene rings is 2. The summed E-state index contributed by atoms with van der Waals surface area (Å²) in [5.41, 5.74) is 1.10. The first kappa shape index (κ1) is 24.4. The highest BCUT2D eigenvalue weighted by Gasteiger charge is 2.28. The van der Waals surface area contributed by atoms with Crippen molar-refractivity contribution >= 4 is 39.5 Å². The molecule has 162 valence electrons. The van der Waals surface area contributed by atoms with Crippen LogP contribution < -0.4 is 5.32 Å². The zero-order valence-corrected chi connectivity index (χ0v) is 20.1. The lowest BCUT2D eigenvalue weighted by atomic mass is 10.1. The van der Waals surface area contributed by atoms with Crippen molar-refractivity contribution in [3.63, 3.8) is 0 Å². The van der Waals surface area contributed by atoms with Gasteiger partial charge in [-0.15, -0.1) is 11.8 Å². The normalized spacial score (nSPS) is 12.3. The number of thioether (sulfide) groups is 1. The number of carbonyl (C=O) groups is 2. The summed E-state index contributed by atoms with van der Waals surface area (Å²) in [5.74, 6) is -0.0737. The monoisotopic (exact) mass is 494 g/mol. The lowest BCUT2D eigenvalue weighted by Gasteiger charge is -2.31. The first-order valence-corrected chi connectivity index (χ1v) is 11.7. The molecule has 0 radical (unpaired) electrons. The summed E-state index contributed by atoms with van der Waals surface area (Å²) in [6.07, 6.45) is 0. The maximum Gasteiger partial charge on any atom is 0.242 e. The molecule has 0 aromatic heterocycles. The second-order valence-corrected chi connectivity index (χ2v) is 10.0. The molecule has 2 rings (SSSR count). The highest BCUT2D eigenvalue weighted by molar-refractivity contribution is 9.10. The fourth-order valence-electron chi connectivity index (χ4n) is 2.79. The minimum absolute atomic E-state index is 0.157. The van der Waals surface area contributed by atoms with Crippen LogP contribution in [0.3, 0.4) is 0 Å². The van der Waals surface area contributed by atoms with Crippen molar-refractivity contribution in [2.45, 2.75) is 51.6 Å². The van der Waals surface area contributed by atoms with E-state index in [9.17, 15) is 14.0 Å². The van der Waals surface area contributed by atoms with E-state index >= 15 is 0 Å². The van der Waals surface area contributed by atoms with Crippen LogP contribution in [0.15, 0.2) is 53.0 Å². The number of hydrogen-bond acceptors (Lipinski definition) is 3. The quantitative estimate of drug-likeness (QED) is 0.551. The van der Waals surface area contributed by atoms with Crippen LogP contribution in [0.5, 0.6) is 0 Å². The molecule has 2 amide bonds. The van der Waals surface area contributed by atoms with E-state index in [1.165, 1.54) is 17.8 Å². The molecule has 2 aromatic rings. The Morgan fingerprint density at radius 1 is 1.13 bits per heavy atom. The molecule has 0 aliphatic heterocycles. The zero-order chi connectivity index (χ0) is 22.3. The highest BCUT2D eigenvalue weighted by atomic mass is 79.9. The molecule has 2 aromatic carbocycles. The first-order chi connectivity index (χ1) is 14.1. The van der Waals surface area contributed by atoms with Gasteiger partial charge in [-0.1, -0.05) is 46.3 Å². The molecular formula is C23H28BrFN2O2S. The Labute approximate surface area is 190 Å². The number of amides is 2. The van der Waals surface area contributed by atoms with Crippen LogP contribution in [0.4, 0.5) is 4.39 Å². The lowest BCUT2D eigenvalue weighted by Crippen LogP contribution is -2.52. The number of rotatable bonds is 8. The summed E-state index contributed by atoms with van der Waals surface area (Å²) in [6.45, 7) is 7.78. The molecule has 0 aliphatic carbocycles. The minimum Gasteiger partial charge on any atom is -0.350 e. The maximum absolute atomic E-state index is 13.8. The topological polar surface area (TPSA) is 49.4 Å². The second kappa shape index (κ2) is 11.0. The number of halogens is 2. The molecule has 0 heterocycles. The summed E-state index contributed by atoms with van der Waals surface area (Å²) in [4.78, 5) is 27.3. The number of hydrogen-bond donors (Lipinski definition) is 1. The average molecular weight is 495 g/mol. The Bertz CT molecular complexity index is 868. The van der Waals surface area contributed by atoms with Crippen molar-refractivity contribution in [3.8, 4) is 0 Å². The minimum atomic E-state index is -0.630. The molecule has 4 nitrogen and oxygen atoms in total. The van der Waals surface area contributed by atoms with E-state index < -0.39 is 11.6 Å². The van der Waals surface area contributed by atoms with Crippen LogP contribution in [0, 0.1) is 5.82 Å². The third kappa shape index (κ3) is 7.76. The van der Waals surface area contributed by atoms with E-state index in [2.05, 4.69) is 21.2 Å². The fraction of sp³-hybridized carbons (Fsp3) is 0.391. The van der Waals surface area contributed by atoms with Crippen molar-refractivity contribution in [1.82, 2.24) is 10.2 Å². The Balaban J connectivity index is 2.10. The van der Waals surface area contributed by atoms with Gasteiger partial charge in [0.2, 0.25) is 11.8 Å². The van der Waals surface area contributed by atoms with Crippen LogP contribution in [-0.2, 0) is 21.9 Å². The van der Waals surface area contributed by atoms with Crippen LogP contribution in [0.25, 0.3) is 0 Å². The smallest absolute Gasteiger partial charge is 0.242 e. The van der Waals surface area contributed by atoms with Crippen molar-refractivity contribution in [2.24, 2.45) is 0 Å². The van der Waals surface area contributed by atoms with Crippen LogP contribution in [-0.4, -0.2) is 34.0 Å². The standard InChI is InChI=1S/C23H28BrFN2O2S/c1-16(22(29)26-23(2,3)4)27(13-17-9-11-19(24)12-10-17)21(28)15-30-14-18-7-5-6-8-20(18)25/h5-12,16H,13-15H2,1-4H3,(H,26,29)/t16-/m0/s1. The third-order valence-electron chi connectivity index (χ3n) is 4.37. The van der Waals surface area contributed by atoms with Crippen molar-refractivity contribution < 1.29 is 14.0 Å². The van der Waals surface area contributed by atoms with Crippen LogP contribution >= 0.6 is 27.7 Å². The maximum atomic E-state index is 13.8. The largest absolute Gasteiger partial charge is 0.350 e. The molecule has 0 saturated heterocycles. The Morgan fingerprint density at radius 3 is 2.37 bits per heavy atom. The SMILES string of the molecule is C[C@@H](C(=O)NC(C)(C)C)N(Cc1ccc(Br)cc1)C(=O)CSCc1ccccc1F. The Kier molecular flexibility index (Phi) is 8.92. The summed E-state index contributed by atoms with van der Waals surface area (Å²) >= 11 is 4.75. The van der Waals surface area contributed by atoms with Gasteiger partial charge in [-0.2, -0.15) is 0 Å². The number of nitrogens with one attached hydrogen (secondary N) is 1. The molecular weight excluding hydrogens is 467 g/mol. The van der Waals surface area contributed by atoms with E-state index in [-0.39, 0.29) is 23.4 Å². The van der Waals surface area contributed by atoms with Gasteiger partial charge in [0.1, 0.15) is 11.9 Å². The molecule has 30 heavy (non-hydrogen) atoms. The van der Waals surface area contributed by atoms with Gasteiger partial charge >= 0.3 is 0 Å². The molecule has 0 aliphatic rings. The van der Waals surface area contributed by atoms with Crippen molar-refractivity contribution in [3.05, 3.63) is 69.9 Å². The number of nitrogens with zero attached hydrogens (tertiary/aromatic N) is 1. The predicted molar refractivity (Wildman–Crippen MR) is 125 cm³/mol. The summed E-state index contributed by atoms with van der Waals surface area (Å²) in [5, 5.41) is 2.94.